The molecule has 2 aromatic rings. The van der Waals surface area contributed by atoms with Crippen LogP contribution in [0.1, 0.15) is 60.3 Å². The molecule has 3 atom stereocenters. The van der Waals surface area contributed by atoms with Gasteiger partial charge in [-0.3, -0.25) is 9.59 Å². The lowest BCUT2D eigenvalue weighted by atomic mass is 9.96. The van der Waals surface area contributed by atoms with Crippen LogP contribution in [0.15, 0.2) is 34.9 Å². The first-order chi connectivity index (χ1) is 14.4. The fraction of sp³-hybridized carbons (Fsp3) is 0.500. The molecule has 1 aliphatic heterocycles. The summed E-state index contributed by atoms with van der Waals surface area (Å²) in [4.78, 5) is 27.1. The number of piperidine rings is 1. The van der Waals surface area contributed by atoms with Crippen LogP contribution < -0.4 is 11.1 Å². The van der Waals surface area contributed by atoms with E-state index in [2.05, 4.69) is 10.5 Å². The van der Waals surface area contributed by atoms with Gasteiger partial charge in [0.2, 0.25) is 5.91 Å². The summed E-state index contributed by atoms with van der Waals surface area (Å²) in [5, 5.41) is 16.3. The van der Waals surface area contributed by atoms with Crippen LogP contribution in [0, 0.1) is 0 Å². The Morgan fingerprint density at radius 2 is 2.03 bits per heavy atom. The second kappa shape index (κ2) is 8.47. The summed E-state index contributed by atoms with van der Waals surface area (Å²) in [6.07, 6.45) is 3.93. The molecule has 4 rings (SSSR count). The van der Waals surface area contributed by atoms with Gasteiger partial charge < -0.3 is 25.6 Å². The minimum Gasteiger partial charge on any atom is -0.508 e. The van der Waals surface area contributed by atoms with Gasteiger partial charge in [0.05, 0.1) is 6.04 Å². The number of rotatable bonds is 6. The summed E-state index contributed by atoms with van der Waals surface area (Å²) in [5.41, 5.74) is 7.38. The Bertz CT molecular complexity index is 906. The van der Waals surface area contributed by atoms with E-state index in [1.54, 1.807) is 35.2 Å². The maximum absolute atomic E-state index is 12.8. The van der Waals surface area contributed by atoms with Gasteiger partial charge in [0.1, 0.15) is 11.5 Å². The van der Waals surface area contributed by atoms with E-state index in [1.807, 2.05) is 6.92 Å². The lowest BCUT2D eigenvalue weighted by Gasteiger charge is -2.39. The molecule has 4 N–H and O–H groups in total. The molecule has 30 heavy (non-hydrogen) atoms. The average molecular weight is 412 g/mol. The smallest absolute Gasteiger partial charge is 0.273 e. The van der Waals surface area contributed by atoms with Gasteiger partial charge in [0, 0.05) is 30.6 Å². The number of hydrogen-bond acceptors (Lipinski definition) is 6. The molecule has 8 heteroatoms. The summed E-state index contributed by atoms with van der Waals surface area (Å²) in [6.45, 7) is 2.52. The first-order valence-electron chi connectivity index (χ1n) is 10.5. The molecule has 2 aliphatic rings. The molecule has 1 unspecified atom stereocenters. The largest absolute Gasteiger partial charge is 0.508 e. The maximum atomic E-state index is 12.8. The van der Waals surface area contributed by atoms with E-state index in [0.29, 0.717) is 37.4 Å². The molecule has 1 saturated carbocycles. The first-order valence-corrected chi connectivity index (χ1v) is 10.5. The van der Waals surface area contributed by atoms with Crippen LogP contribution in [-0.2, 0) is 11.2 Å². The molecular weight excluding hydrogens is 384 g/mol. The molecule has 1 aromatic heterocycles. The molecular formula is C22H28N4O4. The van der Waals surface area contributed by atoms with E-state index in [1.165, 1.54) is 0 Å². The predicted molar refractivity (Wildman–Crippen MR) is 110 cm³/mol. The fourth-order valence-electron chi connectivity index (χ4n) is 4.03. The number of carbonyl (C=O) groups excluding carboxylic acids is 2. The van der Waals surface area contributed by atoms with Gasteiger partial charge in [0.15, 0.2) is 5.69 Å². The topological polar surface area (TPSA) is 122 Å². The number of hydrogen-bond donors (Lipinski definition) is 3. The van der Waals surface area contributed by atoms with Crippen molar-refractivity contribution in [1.82, 2.24) is 15.4 Å². The molecule has 2 fully saturated rings. The van der Waals surface area contributed by atoms with Crippen molar-refractivity contribution in [3.8, 4) is 5.75 Å². The second-order valence-electron chi connectivity index (χ2n) is 8.44. The maximum Gasteiger partial charge on any atom is 0.273 e. The van der Waals surface area contributed by atoms with E-state index in [-0.39, 0.29) is 29.6 Å². The van der Waals surface area contributed by atoms with Crippen molar-refractivity contribution in [2.24, 2.45) is 5.73 Å². The highest BCUT2D eigenvalue weighted by Gasteiger charge is 2.33. The zero-order valence-corrected chi connectivity index (χ0v) is 17.1. The Hall–Kier alpha value is -2.87. The highest BCUT2D eigenvalue weighted by Crippen LogP contribution is 2.40. The van der Waals surface area contributed by atoms with Crippen LogP contribution in [-0.4, -0.2) is 51.6 Å². The number of nitrogens with one attached hydrogen (secondary N) is 1. The van der Waals surface area contributed by atoms with E-state index in [0.717, 1.165) is 24.2 Å². The zero-order valence-electron chi connectivity index (χ0n) is 17.1. The summed E-state index contributed by atoms with van der Waals surface area (Å²) < 4.78 is 5.26. The van der Waals surface area contributed by atoms with Crippen LogP contribution >= 0.6 is 0 Å². The second-order valence-corrected chi connectivity index (χ2v) is 8.44. The molecule has 1 saturated heterocycles. The summed E-state index contributed by atoms with van der Waals surface area (Å²) in [7, 11) is 0. The van der Waals surface area contributed by atoms with E-state index >= 15 is 0 Å². The zero-order chi connectivity index (χ0) is 21.3. The Morgan fingerprint density at radius 3 is 2.70 bits per heavy atom. The van der Waals surface area contributed by atoms with Crippen molar-refractivity contribution < 1.29 is 19.2 Å². The van der Waals surface area contributed by atoms with E-state index < -0.39 is 6.04 Å². The Labute approximate surface area is 175 Å². The number of aromatic nitrogens is 1. The summed E-state index contributed by atoms with van der Waals surface area (Å²) in [6, 6.07) is 7.76. The monoisotopic (exact) mass is 412 g/mol. The van der Waals surface area contributed by atoms with Gasteiger partial charge in [-0.2, -0.15) is 0 Å². The van der Waals surface area contributed by atoms with Crippen LogP contribution in [0.4, 0.5) is 0 Å². The third-order valence-electron chi connectivity index (χ3n) is 5.94. The van der Waals surface area contributed by atoms with Gasteiger partial charge in [-0.1, -0.05) is 17.3 Å². The quantitative estimate of drug-likeness (QED) is 0.667. The molecule has 1 aromatic carbocycles. The lowest BCUT2D eigenvalue weighted by Crippen LogP contribution is -2.55. The van der Waals surface area contributed by atoms with Gasteiger partial charge in [-0.15, -0.1) is 0 Å². The van der Waals surface area contributed by atoms with Crippen LogP contribution in [0.3, 0.4) is 0 Å². The number of likely N-dealkylation sites (tertiary alicyclic amines) is 1. The fourth-order valence-corrected chi connectivity index (χ4v) is 4.03. The van der Waals surface area contributed by atoms with Crippen LogP contribution in [0.2, 0.25) is 0 Å². The third kappa shape index (κ3) is 4.64. The number of phenolic OH excluding ortho intramolecular Hbond substituents is 1. The number of carbonyl (C=O) groups is 2. The number of benzene rings is 1. The van der Waals surface area contributed by atoms with E-state index in [4.69, 9.17) is 10.3 Å². The normalized spacial score (nSPS) is 22.5. The standard InChI is InChI=1S/C22H28N4O4/c1-13-10-16(24-21(28)19-12-20(30-25-19)15-4-5-15)8-9-26(13)22(29)18(23)11-14-2-6-17(27)7-3-14/h2-3,6-7,12-13,15-16,18,27H,4-5,8-11,23H2,1H3,(H,24,28)/t13-,16?,18+/m1/s1. The van der Waals surface area contributed by atoms with Crippen LogP contribution in [0.25, 0.3) is 0 Å². The third-order valence-corrected chi connectivity index (χ3v) is 5.94. The molecule has 0 radical (unpaired) electrons. The lowest BCUT2D eigenvalue weighted by molar-refractivity contribution is -0.136. The average Bonchev–Trinajstić information content (AvgIpc) is 3.45. The molecule has 0 bridgehead atoms. The highest BCUT2D eigenvalue weighted by molar-refractivity contribution is 5.92. The number of amides is 2. The number of aromatic hydroxyl groups is 1. The molecule has 8 nitrogen and oxygen atoms in total. The van der Waals surface area contributed by atoms with Crippen molar-refractivity contribution in [3.63, 3.8) is 0 Å². The van der Waals surface area contributed by atoms with Crippen molar-refractivity contribution in [2.75, 3.05) is 6.54 Å². The summed E-state index contributed by atoms with van der Waals surface area (Å²) in [5.74, 6) is 1.07. The first kappa shape index (κ1) is 20.4. The molecule has 2 heterocycles. The van der Waals surface area contributed by atoms with Crippen LogP contribution in [0.5, 0.6) is 5.75 Å². The van der Waals surface area contributed by atoms with Gasteiger partial charge >= 0.3 is 0 Å². The Morgan fingerprint density at radius 1 is 1.30 bits per heavy atom. The van der Waals surface area contributed by atoms with Crippen molar-refractivity contribution in [1.29, 1.82) is 0 Å². The highest BCUT2D eigenvalue weighted by atomic mass is 16.5. The summed E-state index contributed by atoms with van der Waals surface area (Å²) >= 11 is 0. The number of nitrogens with zero attached hydrogens (tertiary/aromatic N) is 2. The van der Waals surface area contributed by atoms with Gasteiger partial charge in [0.25, 0.3) is 5.91 Å². The van der Waals surface area contributed by atoms with Crippen molar-refractivity contribution >= 4 is 11.8 Å². The SMILES string of the molecule is C[C@@H]1CC(NC(=O)c2cc(C3CC3)on2)CCN1C(=O)[C@@H](N)Cc1ccc(O)cc1. The van der Waals surface area contributed by atoms with Gasteiger partial charge in [-0.05, 0) is 56.7 Å². The minimum absolute atomic E-state index is 0.0223. The molecule has 2 amide bonds. The Balaban J connectivity index is 1.28. The number of nitrogens with two attached hydrogens (primary N) is 1. The predicted octanol–water partition coefficient (Wildman–Crippen LogP) is 1.94. The Kier molecular flexibility index (Phi) is 5.76. The van der Waals surface area contributed by atoms with E-state index in [9.17, 15) is 14.7 Å². The van der Waals surface area contributed by atoms with Crippen molar-refractivity contribution in [3.05, 3.63) is 47.3 Å². The van der Waals surface area contributed by atoms with Gasteiger partial charge in [-0.25, -0.2) is 0 Å². The molecule has 160 valence electrons. The molecule has 0 spiro atoms. The molecule has 1 aliphatic carbocycles. The minimum atomic E-state index is -0.640. The van der Waals surface area contributed by atoms with Crippen molar-refractivity contribution in [2.45, 2.75) is 63.1 Å². The number of phenols is 1.